The van der Waals surface area contributed by atoms with Gasteiger partial charge in [-0.05, 0) is 43.3 Å². The van der Waals surface area contributed by atoms with E-state index in [4.69, 9.17) is 0 Å². The molecule has 0 aliphatic carbocycles. The second-order valence-electron chi connectivity index (χ2n) is 6.37. The molecule has 1 aliphatic heterocycles. The molecular formula is C20H21N5O2. The van der Waals surface area contributed by atoms with Gasteiger partial charge >= 0.3 is 6.03 Å². The first kappa shape index (κ1) is 17.1. The predicted octanol–water partition coefficient (Wildman–Crippen LogP) is 2.52. The van der Waals surface area contributed by atoms with Crippen LogP contribution < -0.4 is 15.5 Å². The second-order valence-corrected chi connectivity index (χ2v) is 6.37. The molecule has 4 rings (SSSR count). The van der Waals surface area contributed by atoms with E-state index in [9.17, 15) is 9.59 Å². The molecule has 1 aromatic heterocycles. The van der Waals surface area contributed by atoms with Crippen molar-refractivity contribution in [2.24, 2.45) is 0 Å². The molecule has 1 saturated heterocycles. The summed E-state index contributed by atoms with van der Waals surface area (Å²) in [6.07, 6.45) is 0. The summed E-state index contributed by atoms with van der Waals surface area (Å²) >= 11 is 0. The van der Waals surface area contributed by atoms with E-state index in [0.29, 0.717) is 25.2 Å². The largest absolute Gasteiger partial charge is 0.345 e. The highest BCUT2D eigenvalue weighted by atomic mass is 16.2. The molecule has 1 aliphatic rings. The van der Waals surface area contributed by atoms with Crippen molar-refractivity contribution in [2.45, 2.75) is 20.0 Å². The molecule has 7 heteroatoms. The van der Waals surface area contributed by atoms with Gasteiger partial charge in [0.1, 0.15) is 5.82 Å². The van der Waals surface area contributed by atoms with Crippen LogP contribution in [0, 0.1) is 0 Å². The number of anilines is 1. The van der Waals surface area contributed by atoms with Crippen molar-refractivity contribution in [2.75, 3.05) is 18.0 Å². The molecule has 2 aromatic carbocycles. The minimum atomic E-state index is -0.165. The normalized spacial score (nSPS) is 13.8. The summed E-state index contributed by atoms with van der Waals surface area (Å²) in [6.45, 7) is 4.49. The van der Waals surface area contributed by atoms with Crippen molar-refractivity contribution in [1.29, 1.82) is 0 Å². The van der Waals surface area contributed by atoms with E-state index in [1.54, 1.807) is 29.2 Å². The maximum Gasteiger partial charge on any atom is 0.321 e. The number of rotatable bonds is 5. The maximum atomic E-state index is 12.5. The summed E-state index contributed by atoms with van der Waals surface area (Å²) in [5.74, 6) is 0.666. The number of aromatic nitrogens is 2. The van der Waals surface area contributed by atoms with Gasteiger partial charge in [-0.1, -0.05) is 12.1 Å². The molecule has 0 atom stereocenters. The van der Waals surface area contributed by atoms with Crippen molar-refractivity contribution in [3.63, 3.8) is 0 Å². The molecule has 3 aromatic rings. The summed E-state index contributed by atoms with van der Waals surface area (Å²) in [6, 6.07) is 14.9. The van der Waals surface area contributed by atoms with Crippen LogP contribution in [0.3, 0.4) is 0 Å². The third-order valence-corrected chi connectivity index (χ3v) is 4.75. The van der Waals surface area contributed by atoms with Gasteiger partial charge in [-0.15, -0.1) is 0 Å². The first-order valence-electron chi connectivity index (χ1n) is 9.05. The molecular weight excluding hydrogens is 342 g/mol. The fraction of sp³-hybridized carbons (Fsp3) is 0.250. The van der Waals surface area contributed by atoms with Crippen LogP contribution in [0.5, 0.6) is 0 Å². The van der Waals surface area contributed by atoms with Crippen LogP contribution in [0.2, 0.25) is 0 Å². The third-order valence-electron chi connectivity index (χ3n) is 4.75. The van der Waals surface area contributed by atoms with Gasteiger partial charge in [-0.25, -0.2) is 9.78 Å². The summed E-state index contributed by atoms with van der Waals surface area (Å²) in [5.41, 5.74) is 3.33. The van der Waals surface area contributed by atoms with E-state index in [-0.39, 0.29) is 11.9 Å². The van der Waals surface area contributed by atoms with E-state index in [1.165, 1.54) is 0 Å². The molecule has 2 N–H and O–H groups in total. The monoisotopic (exact) mass is 363 g/mol. The Kier molecular flexibility index (Phi) is 4.50. The number of carbonyl (C=O) groups is 2. The van der Waals surface area contributed by atoms with Crippen LogP contribution in [-0.2, 0) is 13.1 Å². The van der Waals surface area contributed by atoms with E-state index in [1.807, 2.05) is 24.3 Å². The minimum Gasteiger partial charge on any atom is -0.345 e. The number of para-hydroxylation sites is 2. The molecule has 2 heterocycles. The summed E-state index contributed by atoms with van der Waals surface area (Å²) in [5, 5.41) is 5.70. The zero-order valence-corrected chi connectivity index (χ0v) is 15.1. The molecule has 0 radical (unpaired) electrons. The first-order valence-corrected chi connectivity index (χ1v) is 9.05. The van der Waals surface area contributed by atoms with Gasteiger partial charge in [0.05, 0.1) is 17.6 Å². The Morgan fingerprint density at radius 3 is 2.67 bits per heavy atom. The van der Waals surface area contributed by atoms with E-state index in [2.05, 4.69) is 27.1 Å². The number of nitrogens with one attached hydrogen (secondary N) is 2. The number of hydrogen-bond donors (Lipinski definition) is 2. The van der Waals surface area contributed by atoms with Crippen LogP contribution in [0.1, 0.15) is 23.1 Å². The van der Waals surface area contributed by atoms with E-state index < -0.39 is 0 Å². The van der Waals surface area contributed by atoms with Crippen LogP contribution in [0.25, 0.3) is 11.0 Å². The van der Waals surface area contributed by atoms with Crippen molar-refractivity contribution >= 4 is 28.7 Å². The van der Waals surface area contributed by atoms with Gasteiger partial charge < -0.3 is 15.2 Å². The molecule has 27 heavy (non-hydrogen) atoms. The molecule has 0 unspecified atom stereocenters. The lowest BCUT2D eigenvalue weighted by Crippen LogP contribution is -2.28. The van der Waals surface area contributed by atoms with Gasteiger partial charge in [-0.3, -0.25) is 9.69 Å². The molecule has 138 valence electrons. The number of nitrogens with zero attached hydrogens (tertiary/aromatic N) is 3. The van der Waals surface area contributed by atoms with Gasteiger partial charge in [0.15, 0.2) is 0 Å². The zero-order valence-electron chi connectivity index (χ0n) is 15.1. The van der Waals surface area contributed by atoms with Gasteiger partial charge in [0, 0.05) is 30.9 Å². The quantitative estimate of drug-likeness (QED) is 0.731. The fourth-order valence-corrected chi connectivity index (χ4v) is 3.39. The number of amides is 3. The number of carbonyl (C=O) groups excluding carboxylic acids is 2. The van der Waals surface area contributed by atoms with Crippen LogP contribution >= 0.6 is 0 Å². The lowest BCUT2D eigenvalue weighted by molar-refractivity contribution is 0.0949. The average molecular weight is 363 g/mol. The number of aryl methyl sites for hydroxylation is 1. The Hall–Kier alpha value is -3.35. The Morgan fingerprint density at radius 1 is 1.19 bits per heavy atom. The zero-order chi connectivity index (χ0) is 18.8. The van der Waals surface area contributed by atoms with Gasteiger partial charge in [0.2, 0.25) is 0 Å². The molecule has 3 amide bonds. The number of imidazole rings is 1. The Morgan fingerprint density at radius 2 is 1.96 bits per heavy atom. The Bertz CT molecular complexity index is 993. The number of hydrogen-bond acceptors (Lipinski definition) is 3. The lowest BCUT2D eigenvalue weighted by atomic mass is 10.2. The lowest BCUT2D eigenvalue weighted by Gasteiger charge is -2.14. The number of urea groups is 1. The predicted molar refractivity (Wildman–Crippen MR) is 104 cm³/mol. The topological polar surface area (TPSA) is 79.3 Å². The van der Waals surface area contributed by atoms with E-state index >= 15 is 0 Å². The highest BCUT2D eigenvalue weighted by molar-refractivity contribution is 5.97. The smallest absolute Gasteiger partial charge is 0.321 e. The minimum absolute atomic E-state index is 0.106. The third kappa shape index (κ3) is 3.23. The molecule has 0 spiro atoms. The molecule has 0 bridgehead atoms. The Labute approximate surface area is 157 Å². The maximum absolute atomic E-state index is 12.5. The summed E-state index contributed by atoms with van der Waals surface area (Å²) in [4.78, 5) is 30.5. The van der Waals surface area contributed by atoms with Crippen molar-refractivity contribution in [3.8, 4) is 0 Å². The van der Waals surface area contributed by atoms with Crippen molar-refractivity contribution in [3.05, 3.63) is 59.9 Å². The SMILES string of the molecule is CCn1c(CNC(=O)c2ccc(N3CCNC3=O)cc2)nc2ccccc21. The Balaban J connectivity index is 1.46. The highest BCUT2D eigenvalue weighted by Crippen LogP contribution is 2.18. The van der Waals surface area contributed by atoms with Crippen molar-refractivity contribution in [1.82, 2.24) is 20.2 Å². The molecule has 1 fully saturated rings. The van der Waals surface area contributed by atoms with Gasteiger partial charge in [0.25, 0.3) is 5.91 Å². The van der Waals surface area contributed by atoms with Gasteiger partial charge in [-0.2, -0.15) is 0 Å². The second kappa shape index (κ2) is 7.11. The van der Waals surface area contributed by atoms with Crippen LogP contribution in [-0.4, -0.2) is 34.6 Å². The fourth-order valence-electron chi connectivity index (χ4n) is 3.39. The number of benzene rings is 2. The number of fused-ring (bicyclic) bond motifs is 1. The average Bonchev–Trinajstić information content (AvgIpc) is 3.29. The van der Waals surface area contributed by atoms with Crippen LogP contribution in [0.4, 0.5) is 10.5 Å². The molecule has 0 saturated carbocycles. The van der Waals surface area contributed by atoms with Crippen LogP contribution in [0.15, 0.2) is 48.5 Å². The molecule has 7 nitrogen and oxygen atoms in total. The summed E-state index contributed by atoms with van der Waals surface area (Å²) in [7, 11) is 0. The summed E-state index contributed by atoms with van der Waals surface area (Å²) < 4.78 is 2.10. The highest BCUT2D eigenvalue weighted by Gasteiger charge is 2.21. The standard InChI is InChI=1S/C20H21N5O2/c1-2-24-17-6-4-3-5-16(17)23-18(24)13-22-19(26)14-7-9-15(10-8-14)25-12-11-21-20(25)27/h3-10H,2,11-13H2,1H3,(H,21,27)(H,22,26). The van der Waals surface area contributed by atoms with Crippen molar-refractivity contribution < 1.29 is 9.59 Å². The van der Waals surface area contributed by atoms with E-state index in [0.717, 1.165) is 29.1 Å². The first-order chi connectivity index (χ1) is 13.2.